The van der Waals surface area contributed by atoms with Crippen molar-refractivity contribution in [1.82, 2.24) is 9.80 Å². The first-order valence-electron chi connectivity index (χ1n) is 23.8. The molecule has 0 bridgehead atoms. The molecule has 2 amide bonds. The highest BCUT2D eigenvalue weighted by atomic mass is 16.6. The van der Waals surface area contributed by atoms with E-state index in [1.54, 1.807) is 48.7 Å². The van der Waals surface area contributed by atoms with Crippen LogP contribution in [0.5, 0.6) is 0 Å². The fraction of sp³-hybridized carbons (Fsp3) is 0.913. The molecule has 0 N–H and O–H groups in total. The summed E-state index contributed by atoms with van der Waals surface area (Å²) in [5, 5.41) is 0. The molecular weight excluding hydrogens is 916 g/mol. The molecule has 23 heteroatoms. The van der Waals surface area contributed by atoms with Gasteiger partial charge in [-0.05, 0) is 48.0 Å². The second-order valence-electron chi connectivity index (χ2n) is 16.8. The fourth-order valence-electron chi connectivity index (χ4n) is 4.95. The van der Waals surface area contributed by atoms with Crippen LogP contribution in [0.2, 0.25) is 0 Å². The van der Waals surface area contributed by atoms with Crippen LogP contribution in [0.15, 0.2) is 0 Å². The van der Waals surface area contributed by atoms with Gasteiger partial charge >= 0.3 is 24.1 Å². The van der Waals surface area contributed by atoms with Crippen molar-refractivity contribution < 1.29 is 99.7 Å². The normalized spacial score (nSPS) is 12.2. The van der Waals surface area contributed by atoms with E-state index in [1.807, 2.05) is 0 Å². The number of carbonyl (C=O) groups excluding carboxylic acids is 4. The summed E-state index contributed by atoms with van der Waals surface area (Å²) in [7, 11) is 3.11. The van der Waals surface area contributed by atoms with E-state index in [1.165, 1.54) is 7.11 Å². The molecular formula is C46H88N2O21. The van der Waals surface area contributed by atoms with Crippen LogP contribution in [0, 0.1) is 0 Å². The molecule has 0 radical (unpaired) electrons. The number of esters is 2. The van der Waals surface area contributed by atoms with Crippen molar-refractivity contribution in [2.45, 2.75) is 72.2 Å². The highest BCUT2D eigenvalue weighted by Crippen LogP contribution is 2.12. The molecule has 23 nitrogen and oxygen atoms in total. The lowest BCUT2D eigenvalue weighted by molar-refractivity contribution is -0.147. The minimum atomic E-state index is -0.846. The van der Waals surface area contributed by atoms with Crippen molar-refractivity contribution in [2.75, 3.05) is 206 Å². The van der Waals surface area contributed by atoms with Crippen LogP contribution in [0.4, 0.5) is 9.59 Å². The molecule has 69 heavy (non-hydrogen) atoms. The summed E-state index contributed by atoms with van der Waals surface area (Å²) in [6.45, 7) is 20.7. The number of rotatable bonds is 47. The highest BCUT2D eigenvalue weighted by Gasteiger charge is 2.27. The first kappa shape index (κ1) is 66.0. The van der Waals surface area contributed by atoms with Gasteiger partial charge in [0.15, 0.2) is 0 Å². The molecule has 1 atom stereocenters. The molecule has 0 rings (SSSR count). The van der Waals surface area contributed by atoms with Gasteiger partial charge in [0.05, 0.1) is 152 Å². The van der Waals surface area contributed by atoms with E-state index in [0.29, 0.717) is 132 Å². The Balaban J connectivity index is 3.80. The maximum Gasteiger partial charge on any atom is 0.410 e. The molecule has 0 aliphatic rings. The van der Waals surface area contributed by atoms with Crippen molar-refractivity contribution >= 4 is 24.1 Å². The van der Waals surface area contributed by atoms with E-state index in [9.17, 15) is 19.2 Å². The lowest BCUT2D eigenvalue weighted by Gasteiger charge is -2.27. The molecule has 0 saturated carbocycles. The number of carbonyl (C=O) groups is 4. The minimum absolute atomic E-state index is 0.0590. The smallest absolute Gasteiger partial charge is 0.410 e. The van der Waals surface area contributed by atoms with Crippen molar-refractivity contribution in [3.05, 3.63) is 0 Å². The second-order valence-corrected chi connectivity index (χ2v) is 16.8. The Morgan fingerprint density at radius 2 is 0.681 bits per heavy atom. The van der Waals surface area contributed by atoms with E-state index in [-0.39, 0.29) is 52.2 Å². The molecule has 0 aliphatic carbocycles. The van der Waals surface area contributed by atoms with Gasteiger partial charge < -0.3 is 80.5 Å². The van der Waals surface area contributed by atoms with Crippen LogP contribution < -0.4 is 0 Å². The van der Waals surface area contributed by atoms with E-state index in [4.69, 9.17) is 80.5 Å². The van der Waals surface area contributed by atoms with Crippen LogP contribution in [0.3, 0.4) is 0 Å². The van der Waals surface area contributed by atoms with Crippen molar-refractivity contribution in [1.29, 1.82) is 0 Å². The predicted octanol–water partition coefficient (Wildman–Crippen LogP) is 2.80. The third-order valence-corrected chi connectivity index (χ3v) is 8.26. The summed E-state index contributed by atoms with van der Waals surface area (Å²) < 4.78 is 92.1. The zero-order chi connectivity index (χ0) is 51.3. The fourth-order valence-corrected chi connectivity index (χ4v) is 4.95. The summed E-state index contributed by atoms with van der Waals surface area (Å²) in [6.07, 6.45) is -0.600. The maximum atomic E-state index is 12.8. The molecule has 0 fully saturated rings. The Labute approximate surface area is 410 Å². The van der Waals surface area contributed by atoms with Gasteiger partial charge in [0.25, 0.3) is 0 Å². The number of methoxy groups -OCH3 is 2. The van der Waals surface area contributed by atoms with Gasteiger partial charge in [-0.2, -0.15) is 0 Å². The summed E-state index contributed by atoms with van der Waals surface area (Å²) in [4.78, 5) is 52.7. The predicted molar refractivity (Wildman–Crippen MR) is 250 cm³/mol. The number of hydrogen-bond donors (Lipinski definition) is 0. The first-order chi connectivity index (χ1) is 33.1. The Hall–Kier alpha value is -3.04. The molecule has 0 unspecified atom stereocenters. The van der Waals surface area contributed by atoms with Crippen LogP contribution in [0.25, 0.3) is 0 Å². The molecule has 0 aliphatic heterocycles. The first-order valence-corrected chi connectivity index (χ1v) is 23.8. The SMILES string of the molecule is CCCOC[C@@H](COCCOCCOCCOCCOCCOCCOCCOCCOCCOCCOC(=O)CN(CCOC(=O)CN(CCOC)C(=O)OC(C)(C)C)C(=O)OC(C)(C)C)OC. The molecule has 0 spiro atoms. The molecule has 0 aromatic carbocycles. The van der Waals surface area contributed by atoms with Gasteiger partial charge in [0.2, 0.25) is 0 Å². The van der Waals surface area contributed by atoms with E-state index < -0.39 is 48.4 Å². The van der Waals surface area contributed by atoms with E-state index in [0.717, 1.165) is 16.2 Å². The average molecular weight is 1010 g/mol. The summed E-state index contributed by atoms with van der Waals surface area (Å²) in [5.41, 5.74) is -1.62. The number of nitrogens with zero attached hydrogens (tertiary/aromatic N) is 2. The minimum Gasteiger partial charge on any atom is -0.462 e. The van der Waals surface area contributed by atoms with E-state index in [2.05, 4.69) is 6.92 Å². The van der Waals surface area contributed by atoms with Gasteiger partial charge in [0.1, 0.15) is 43.6 Å². The average Bonchev–Trinajstić information content (AvgIpc) is 3.28. The van der Waals surface area contributed by atoms with Crippen molar-refractivity contribution in [3.63, 3.8) is 0 Å². The zero-order valence-electron chi connectivity index (χ0n) is 43.3. The third kappa shape index (κ3) is 45.8. The zero-order valence-corrected chi connectivity index (χ0v) is 43.3. The Morgan fingerprint density at radius 1 is 0.391 bits per heavy atom. The van der Waals surface area contributed by atoms with Gasteiger partial charge in [-0.15, -0.1) is 0 Å². The quantitative estimate of drug-likeness (QED) is 0.0485. The topological polar surface area (TPSA) is 232 Å². The van der Waals surface area contributed by atoms with Gasteiger partial charge in [-0.1, -0.05) is 6.92 Å². The Kier molecular flexibility index (Phi) is 42.9. The Bertz CT molecular complexity index is 1240. The number of hydrogen-bond acceptors (Lipinski definition) is 21. The van der Waals surface area contributed by atoms with Gasteiger partial charge in [-0.3, -0.25) is 19.4 Å². The summed E-state index contributed by atoms with van der Waals surface area (Å²) >= 11 is 0. The van der Waals surface area contributed by atoms with E-state index >= 15 is 0 Å². The van der Waals surface area contributed by atoms with Crippen molar-refractivity contribution in [3.8, 4) is 0 Å². The highest BCUT2D eigenvalue weighted by molar-refractivity contribution is 5.79. The van der Waals surface area contributed by atoms with Gasteiger partial charge in [-0.25, -0.2) is 9.59 Å². The summed E-state index contributed by atoms with van der Waals surface area (Å²) in [5.74, 6) is -1.45. The lowest BCUT2D eigenvalue weighted by atomic mass is 10.2. The number of amides is 2. The van der Waals surface area contributed by atoms with Crippen molar-refractivity contribution in [2.24, 2.45) is 0 Å². The van der Waals surface area contributed by atoms with Crippen LogP contribution in [-0.4, -0.2) is 257 Å². The molecule has 0 aromatic heterocycles. The second kappa shape index (κ2) is 44.9. The van der Waals surface area contributed by atoms with Crippen LogP contribution in [-0.2, 0) is 90.1 Å². The Morgan fingerprint density at radius 3 is 0.986 bits per heavy atom. The maximum absolute atomic E-state index is 12.8. The molecule has 0 heterocycles. The monoisotopic (exact) mass is 1000 g/mol. The largest absolute Gasteiger partial charge is 0.462 e. The standard InChI is InChI=1S/C46H88N2O21/c1-10-13-64-38-40(54-9)39-65-33-32-62-29-28-60-25-24-58-21-20-56-17-16-55-18-19-57-22-23-59-26-27-61-30-31-63-34-35-67-42(50)37-48(44(52)69-46(5,6)7)12-15-66-41(49)36-47(11-14-53-8)43(51)68-45(2,3)4/h40H,10-39H2,1-9H3/t40-/m0/s1. The molecule has 0 aromatic rings. The lowest BCUT2D eigenvalue weighted by Crippen LogP contribution is -2.43. The third-order valence-electron chi connectivity index (χ3n) is 8.26. The van der Waals surface area contributed by atoms with Crippen LogP contribution >= 0.6 is 0 Å². The van der Waals surface area contributed by atoms with Gasteiger partial charge in [0, 0.05) is 27.4 Å². The van der Waals surface area contributed by atoms with Crippen LogP contribution in [0.1, 0.15) is 54.9 Å². The number of ether oxygens (including phenoxy) is 17. The summed E-state index contributed by atoms with van der Waals surface area (Å²) in [6, 6.07) is 0. The molecule has 0 saturated heterocycles. The molecule has 408 valence electrons.